The highest BCUT2D eigenvalue weighted by Gasteiger charge is 2.58. The lowest BCUT2D eigenvalue weighted by molar-refractivity contribution is -0.172. The van der Waals surface area contributed by atoms with Crippen molar-refractivity contribution < 1.29 is 14.3 Å². The Balaban J connectivity index is 1.47. The molecule has 33 heavy (non-hydrogen) atoms. The normalized spacial score (nSPS) is 29.3. The van der Waals surface area contributed by atoms with Crippen LogP contribution in [0.15, 0.2) is 52.9 Å². The number of rotatable bonds is 5. The summed E-state index contributed by atoms with van der Waals surface area (Å²) < 4.78 is 5.92. The fourth-order valence-corrected chi connectivity index (χ4v) is 6.32. The summed E-state index contributed by atoms with van der Waals surface area (Å²) in [6, 6.07) is 15.6. The number of para-hydroxylation sites is 2. The van der Waals surface area contributed by atoms with Crippen molar-refractivity contribution in [3.05, 3.63) is 59.1 Å². The maximum absolute atomic E-state index is 12.2. The van der Waals surface area contributed by atoms with Crippen molar-refractivity contribution in [2.45, 2.75) is 57.2 Å². The Morgan fingerprint density at radius 3 is 2.67 bits per heavy atom. The van der Waals surface area contributed by atoms with Crippen LogP contribution in [-0.4, -0.2) is 40.0 Å². The van der Waals surface area contributed by atoms with Gasteiger partial charge in [-0.2, -0.15) is 4.98 Å². The number of hydrogen-bond acceptors (Lipinski definition) is 5. The Bertz CT molecular complexity index is 1110. The standard InChI is InChI=1S/C26H30ClN3O3/c1-25(2)23(30(16-31)15-14-26(25,32)17-10-12-18(27)13-11-17)19-6-5-8-20(19)28-24-29-21-7-3-4-9-22(21)33-24/h3-4,7,9-13,16,19-20,23,32H,5-6,8,14-15H2,1-2H3,(H,28,29)/t19-,20+,23?,26-/m0/s1. The molecule has 0 bridgehead atoms. The molecule has 2 heterocycles. The fourth-order valence-electron chi connectivity index (χ4n) is 6.19. The zero-order valence-corrected chi connectivity index (χ0v) is 19.8. The minimum absolute atomic E-state index is 0.0948. The molecule has 2 aromatic carbocycles. The van der Waals surface area contributed by atoms with E-state index >= 15 is 0 Å². The first-order chi connectivity index (χ1) is 15.8. The predicted molar refractivity (Wildman–Crippen MR) is 129 cm³/mol. The molecule has 1 saturated heterocycles. The van der Waals surface area contributed by atoms with E-state index in [1.807, 2.05) is 53.4 Å². The second kappa shape index (κ2) is 8.33. The smallest absolute Gasteiger partial charge is 0.295 e. The van der Waals surface area contributed by atoms with Crippen LogP contribution in [0.2, 0.25) is 5.02 Å². The van der Waals surface area contributed by atoms with Crippen molar-refractivity contribution in [2.75, 3.05) is 11.9 Å². The number of anilines is 1. The molecule has 5 rings (SSSR count). The van der Waals surface area contributed by atoms with Crippen molar-refractivity contribution >= 4 is 35.1 Å². The van der Waals surface area contributed by atoms with E-state index < -0.39 is 11.0 Å². The van der Waals surface area contributed by atoms with Crippen LogP contribution in [0.4, 0.5) is 6.01 Å². The van der Waals surface area contributed by atoms with E-state index in [1.165, 1.54) is 0 Å². The number of fused-ring (bicyclic) bond motifs is 1. The third kappa shape index (κ3) is 3.69. The maximum atomic E-state index is 12.2. The number of likely N-dealkylation sites (tertiary alicyclic amines) is 1. The van der Waals surface area contributed by atoms with Gasteiger partial charge in [0.1, 0.15) is 5.52 Å². The van der Waals surface area contributed by atoms with Gasteiger partial charge in [-0.05, 0) is 49.1 Å². The average molecular weight is 468 g/mol. The minimum atomic E-state index is -1.08. The minimum Gasteiger partial charge on any atom is -0.424 e. The molecule has 4 atom stereocenters. The molecule has 1 unspecified atom stereocenters. The number of benzene rings is 2. The van der Waals surface area contributed by atoms with Crippen LogP contribution in [0.1, 0.15) is 45.1 Å². The highest BCUT2D eigenvalue weighted by atomic mass is 35.5. The summed E-state index contributed by atoms with van der Waals surface area (Å²) in [6.07, 6.45) is 4.39. The SMILES string of the molecule is CC1(C)C([C@H]2CCC[C@H]2Nc2nc3ccccc3o2)N(C=O)CC[C@]1(O)c1ccc(Cl)cc1. The van der Waals surface area contributed by atoms with Gasteiger partial charge in [0.15, 0.2) is 5.58 Å². The first-order valence-corrected chi connectivity index (χ1v) is 12.0. The van der Waals surface area contributed by atoms with Crippen molar-refractivity contribution in [3.63, 3.8) is 0 Å². The maximum Gasteiger partial charge on any atom is 0.295 e. The lowest BCUT2D eigenvalue weighted by atomic mass is 9.59. The molecule has 7 heteroatoms. The van der Waals surface area contributed by atoms with Gasteiger partial charge in [-0.3, -0.25) is 4.79 Å². The second-order valence-electron chi connectivity index (χ2n) is 9.96. The topological polar surface area (TPSA) is 78.6 Å². The van der Waals surface area contributed by atoms with Crippen LogP contribution in [0.3, 0.4) is 0 Å². The predicted octanol–water partition coefficient (Wildman–Crippen LogP) is 5.21. The van der Waals surface area contributed by atoms with Crippen LogP contribution in [-0.2, 0) is 10.4 Å². The third-order valence-corrected chi connectivity index (χ3v) is 8.18. The molecule has 0 spiro atoms. The number of piperidine rings is 1. The quantitative estimate of drug-likeness (QED) is 0.504. The Morgan fingerprint density at radius 1 is 1.18 bits per heavy atom. The van der Waals surface area contributed by atoms with Gasteiger partial charge >= 0.3 is 0 Å². The van der Waals surface area contributed by atoms with E-state index in [0.717, 1.165) is 42.3 Å². The zero-order chi connectivity index (χ0) is 23.2. The monoisotopic (exact) mass is 467 g/mol. The van der Waals surface area contributed by atoms with Gasteiger partial charge in [0, 0.05) is 35.0 Å². The summed E-state index contributed by atoms with van der Waals surface area (Å²) >= 11 is 6.11. The van der Waals surface area contributed by atoms with Crippen molar-refractivity contribution in [2.24, 2.45) is 11.3 Å². The Labute approximate surface area is 198 Å². The molecule has 1 saturated carbocycles. The summed E-state index contributed by atoms with van der Waals surface area (Å²) in [5.74, 6) is 0.152. The third-order valence-electron chi connectivity index (χ3n) is 7.93. The van der Waals surface area contributed by atoms with Crippen molar-refractivity contribution in [3.8, 4) is 0 Å². The van der Waals surface area contributed by atoms with Crippen LogP contribution >= 0.6 is 11.6 Å². The molecule has 6 nitrogen and oxygen atoms in total. The van der Waals surface area contributed by atoms with Gasteiger partial charge in [0.2, 0.25) is 6.41 Å². The van der Waals surface area contributed by atoms with Crippen LogP contribution in [0.25, 0.3) is 11.1 Å². The summed E-state index contributed by atoms with van der Waals surface area (Å²) in [4.78, 5) is 18.6. The van der Waals surface area contributed by atoms with E-state index in [2.05, 4.69) is 24.1 Å². The van der Waals surface area contributed by atoms with Gasteiger partial charge in [0.05, 0.1) is 5.60 Å². The van der Waals surface area contributed by atoms with Crippen LogP contribution < -0.4 is 5.32 Å². The summed E-state index contributed by atoms with van der Waals surface area (Å²) in [5, 5.41) is 16.2. The molecular weight excluding hydrogens is 438 g/mol. The number of aliphatic hydroxyl groups is 1. The Kier molecular flexibility index (Phi) is 5.61. The summed E-state index contributed by atoms with van der Waals surface area (Å²) in [5.41, 5.74) is 0.746. The molecule has 1 aliphatic carbocycles. The van der Waals surface area contributed by atoms with E-state index in [1.54, 1.807) is 0 Å². The van der Waals surface area contributed by atoms with Crippen LogP contribution in [0, 0.1) is 11.3 Å². The number of aromatic nitrogens is 1. The van der Waals surface area contributed by atoms with E-state index in [0.29, 0.717) is 24.0 Å². The molecule has 1 amide bonds. The number of nitrogens with zero attached hydrogens (tertiary/aromatic N) is 2. The highest BCUT2D eigenvalue weighted by Crippen LogP contribution is 2.53. The first kappa shape index (κ1) is 22.2. The molecule has 3 aromatic rings. The van der Waals surface area contributed by atoms with Crippen LogP contribution in [0.5, 0.6) is 0 Å². The number of hydrogen-bond donors (Lipinski definition) is 2. The largest absolute Gasteiger partial charge is 0.424 e. The molecule has 0 radical (unpaired) electrons. The number of halogens is 1. The van der Waals surface area contributed by atoms with Gasteiger partial charge in [-0.15, -0.1) is 0 Å². The number of carbonyl (C=O) groups is 1. The zero-order valence-electron chi connectivity index (χ0n) is 19.0. The number of nitrogens with one attached hydrogen (secondary N) is 1. The number of amides is 1. The summed E-state index contributed by atoms with van der Waals surface area (Å²) in [7, 11) is 0. The molecular formula is C26H30ClN3O3. The fraction of sp³-hybridized carbons (Fsp3) is 0.462. The number of carbonyl (C=O) groups excluding carboxylic acids is 1. The Hall–Kier alpha value is -2.57. The molecule has 174 valence electrons. The highest BCUT2D eigenvalue weighted by molar-refractivity contribution is 6.30. The number of oxazole rings is 1. The van der Waals surface area contributed by atoms with Gasteiger partial charge in [0.25, 0.3) is 6.01 Å². The average Bonchev–Trinajstić information content (AvgIpc) is 3.42. The van der Waals surface area contributed by atoms with Gasteiger partial charge in [-0.1, -0.05) is 56.1 Å². The van der Waals surface area contributed by atoms with Crippen molar-refractivity contribution in [1.82, 2.24) is 9.88 Å². The van der Waals surface area contributed by atoms with E-state index in [-0.39, 0.29) is 18.0 Å². The van der Waals surface area contributed by atoms with E-state index in [4.69, 9.17) is 16.0 Å². The van der Waals surface area contributed by atoms with Crippen molar-refractivity contribution in [1.29, 1.82) is 0 Å². The lowest BCUT2D eigenvalue weighted by Crippen LogP contribution is -2.64. The van der Waals surface area contributed by atoms with E-state index in [9.17, 15) is 9.90 Å². The second-order valence-corrected chi connectivity index (χ2v) is 10.4. The van der Waals surface area contributed by atoms with Gasteiger partial charge < -0.3 is 19.7 Å². The lowest BCUT2D eigenvalue weighted by Gasteiger charge is -2.57. The molecule has 2 aliphatic rings. The van der Waals surface area contributed by atoms with Gasteiger partial charge in [-0.25, -0.2) is 0 Å². The molecule has 1 aliphatic heterocycles. The molecule has 2 N–H and O–H groups in total. The molecule has 1 aromatic heterocycles. The Morgan fingerprint density at radius 2 is 1.94 bits per heavy atom. The molecule has 2 fully saturated rings. The first-order valence-electron chi connectivity index (χ1n) is 11.6. The summed E-state index contributed by atoms with van der Waals surface area (Å²) in [6.45, 7) is 4.66.